The molecule has 1 aliphatic rings. The number of halogens is 1. The summed E-state index contributed by atoms with van der Waals surface area (Å²) in [6, 6.07) is 5.02. The largest absolute Gasteiger partial charge is 0.495 e. The van der Waals surface area contributed by atoms with Gasteiger partial charge in [-0.2, -0.15) is 0 Å². The van der Waals surface area contributed by atoms with E-state index in [1.165, 1.54) is 32.1 Å². The minimum Gasteiger partial charge on any atom is -0.495 e. The lowest BCUT2D eigenvalue weighted by atomic mass is 9.98. The van der Waals surface area contributed by atoms with Gasteiger partial charge in [0.2, 0.25) is 0 Å². The summed E-state index contributed by atoms with van der Waals surface area (Å²) in [5, 5.41) is 3.32. The zero-order valence-electron chi connectivity index (χ0n) is 13.1. The van der Waals surface area contributed by atoms with E-state index in [2.05, 4.69) is 5.32 Å². The fraction of sp³-hybridized carbons (Fsp3) is 0.588. The molecule has 1 saturated carbocycles. The van der Waals surface area contributed by atoms with Crippen LogP contribution >= 0.6 is 11.6 Å². The second kappa shape index (κ2) is 9.01. The molecule has 0 saturated heterocycles. The third kappa shape index (κ3) is 5.18. The predicted molar refractivity (Wildman–Crippen MR) is 87.8 cm³/mol. The summed E-state index contributed by atoms with van der Waals surface area (Å²) >= 11 is 6.02. The molecule has 0 radical (unpaired) electrons. The molecular weight excluding hydrogens is 302 g/mol. The Bertz CT molecular complexity index is 487. The maximum absolute atomic E-state index is 12.0. The first-order valence-electron chi connectivity index (χ1n) is 7.94. The van der Waals surface area contributed by atoms with E-state index < -0.39 is 0 Å². The summed E-state index contributed by atoms with van der Waals surface area (Å²) < 4.78 is 10.9. The second-order valence-corrected chi connectivity index (χ2v) is 6.00. The van der Waals surface area contributed by atoms with Crippen molar-refractivity contribution in [1.82, 2.24) is 5.32 Å². The number of benzene rings is 1. The van der Waals surface area contributed by atoms with Crippen molar-refractivity contribution in [3.05, 3.63) is 28.8 Å². The summed E-state index contributed by atoms with van der Waals surface area (Å²) in [6.07, 6.45) is 7.49. The molecule has 0 spiro atoms. The van der Waals surface area contributed by atoms with Crippen molar-refractivity contribution in [2.75, 3.05) is 20.3 Å². The van der Waals surface area contributed by atoms with Crippen LogP contribution in [0.1, 0.15) is 48.9 Å². The van der Waals surface area contributed by atoms with Crippen LogP contribution in [0.5, 0.6) is 5.75 Å². The van der Waals surface area contributed by atoms with Crippen molar-refractivity contribution >= 4 is 17.5 Å². The van der Waals surface area contributed by atoms with E-state index >= 15 is 0 Å². The Morgan fingerprint density at radius 2 is 2.09 bits per heavy atom. The molecule has 4 nitrogen and oxygen atoms in total. The van der Waals surface area contributed by atoms with Crippen molar-refractivity contribution in [2.45, 2.75) is 44.6 Å². The van der Waals surface area contributed by atoms with Crippen LogP contribution in [0.15, 0.2) is 18.2 Å². The van der Waals surface area contributed by atoms with Crippen LogP contribution in [-0.4, -0.2) is 32.3 Å². The lowest BCUT2D eigenvalue weighted by Crippen LogP contribution is -2.26. The average molecular weight is 326 g/mol. The molecule has 0 heterocycles. The third-order valence-corrected chi connectivity index (χ3v) is 4.22. The van der Waals surface area contributed by atoms with Crippen LogP contribution < -0.4 is 10.1 Å². The lowest BCUT2D eigenvalue weighted by Gasteiger charge is -2.21. The summed E-state index contributed by atoms with van der Waals surface area (Å²) in [5.41, 5.74) is 0.541. The van der Waals surface area contributed by atoms with Crippen molar-refractivity contribution in [2.24, 2.45) is 0 Å². The highest BCUT2D eigenvalue weighted by molar-refractivity contribution is 6.32. The number of methoxy groups -OCH3 is 1. The Morgan fingerprint density at radius 3 is 2.77 bits per heavy atom. The van der Waals surface area contributed by atoms with Gasteiger partial charge in [-0.05, 0) is 37.5 Å². The molecule has 1 aliphatic carbocycles. The quantitative estimate of drug-likeness (QED) is 0.775. The Kier molecular flexibility index (Phi) is 7.00. The number of nitrogens with one attached hydrogen (secondary N) is 1. The van der Waals surface area contributed by atoms with Crippen LogP contribution in [0.25, 0.3) is 0 Å². The predicted octanol–water partition coefficient (Wildman–Crippen LogP) is 3.82. The molecule has 0 bridgehead atoms. The van der Waals surface area contributed by atoms with Gasteiger partial charge in [0.25, 0.3) is 5.91 Å². The van der Waals surface area contributed by atoms with Gasteiger partial charge in [-0.3, -0.25) is 4.79 Å². The van der Waals surface area contributed by atoms with Gasteiger partial charge in [-0.15, -0.1) is 0 Å². The van der Waals surface area contributed by atoms with Crippen LogP contribution in [0.3, 0.4) is 0 Å². The molecule has 0 aliphatic heterocycles. The molecule has 1 aromatic carbocycles. The zero-order valence-corrected chi connectivity index (χ0v) is 13.8. The van der Waals surface area contributed by atoms with E-state index in [9.17, 15) is 4.79 Å². The number of ether oxygens (including phenoxy) is 2. The number of amides is 1. The van der Waals surface area contributed by atoms with Crippen LogP contribution in [0.2, 0.25) is 5.02 Å². The number of rotatable bonds is 7. The first kappa shape index (κ1) is 17.1. The number of hydrogen-bond donors (Lipinski definition) is 1. The Hall–Kier alpha value is -1.26. The number of hydrogen-bond acceptors (Lipinski definition) is 3. The van der Waals surface area contributed by atoms with E-state index in [0.717, 1.165) is 6.42 Å². The number of carbonyl (C=O) groups excluding carboxylic acids is 1. The van der Waals surface area contributed by atoms with Crippen molar-refractivity contribution in [3.63, 3.8) is 0 Å². The van der Waals surface area contributed by atoms with E-state index in [-0.39, 0.29) is 5.91 Å². The minimum atomic E-state index is -0.123. The van der Waals surface area contributed by atoms with Crippen LogP contribution in [-0.2, 0) is 4.74 Å². The molecule has 1 aromatic rings. The summed E-state index contributed by atoms with van der Waals surface area (Å²) in [5.74, 6) is 0.446. The van der Waals surface area contributed by atoms with Gasteiger partial charge < -0.3 is 14.8 Å². The Balaban J connectivity index is 1.66. The smallest absolute Gasteiger partial charge is 0.251 e. The highest BCUT2D eigenvalue weighted by Gasteiger charge is 2.13. The molecular formula is C17H24ClNO3. The summed E-state index contributed by atoms with van der Waals surface area (Å²) in [6.45, 7) is 1.31. The molecule has 1 amide bonds. The second-order valence-electron chi connectivity index (χ2n) is 5.59. The van der Waals surface area contributed by atoms with Crippen molar-refractivity contribution in [3.8, 4) is 5.75 Å². The molecule has 0 atom stereocenters. The maximum atomic E-state index is 12.0. The number of carbonyl (C=O) groups is 1. The summed E-state index contributed by atoms with van der Waals surface area (Å²) in [4.78, 5) is 12.0. The fourth-order valence-corrected chi connectivity index (χ4v) is 2.92. The average Bonchev–Trinajstić information content (AvgIpc) is 2.55. The molecule has 1 N–H and O–H groups in total. The van der Waals surface area contributed by atoms with E-state index in [1.807, 2.05) is 0 Å². The molecule has 0 unspecified atom stereocenters. The lowest BCUT2D eigenvalue weighted by molar-refractivity contribution is 0.0273. The van der Waals surface area contributed by atoms with Gasteiger partial charge in [-0.1, -0.05) is 30.9 Å². The Morgan fingerprint density at radius 1 is 1.32 bits per heavy atom. The zero-order chi connectivity index (χ0) is 15.8. The van der Waals surface area contributed by atoms with Gasteiger partial charge in [0, 0.05) is 18.7 Å². The van der Waals surface area contributed by atoms with Crippen molar-refractivity contribution in [1.29, 1.82) is 0 Å². The summed E-state index contributed by atoms with van der Waals surface area (Å²) in [7, 11) is 1.55. The van der Waals surface area contributed by atoms with Crippen molar-refractivity contribution < 1.29 is 14.3 Å². The molecule has 1 fully saturated rings. The highest BCUT2D eigenvalue weighted by atomic mass is 35.5. The molecule has 5 heteroatoms. The molecule has 0 aromatic heterocycles. The molecule has 122 valence electrons. The van der Waals surface area contributed by atoms with Gasteiger partial charge in [0.05, 0.1) is 18.2 Å². The van der Waals surface area contributed by atoms with Crippen LogP contribution in [0.4, 0.5) is 0 Å². The normalized spacial score (nSPS) is 15.5. The first-order chi connectivity index (χ1) is 10.7. The maximum Gasteiger partial charge on any atom is 0.251 e. The third-order valence-electron chi connectivity index (χ3n) is 3.93. The van der Waals surface area contributed by atoms with E-state index in [1.54, 1.807) is 25.3 Å². The first-order valence-corrected chi connectivity index (χ1v) is 8.32. The van der Waals surface area contributed by atoms with Crippen LogP contribution in [0, 0.1) is 0 Å². The molecule has 2 rings (SSSR count). The van der Waals surface area contributed by atoms with Gasteiger partial charge in [0.15, 0.2) is 0 Å². The highest BCUT2D eigenvalue weighted by Crippen LogP contribution is 2.24. The monoisotopic (exact) mass is 325 g/mol. The standard InChI is InChI=1S/C17H24ClNO3/c1-21-16-9-8-13(12-15(16)18)17(20)19-10-5-11-22-14-6-3-2-4-7-14/h8-9,12,14H,2-7,10-11H2,1H3,(H,19,20). The Labute approximate surface area is 137 Å². The topological polar surface area (TPSA) is 47.6 Å². The van der Waals surface area contributed by atoms with Gasteiger partial charge >= 0.3 is 0 Å². The van der Waals surface area contributed by atoms with Gasteiger partial charge in [-0.25, -0.2) is 0 Å². The molecule has 22 heavy (non-hydrogen) atoms. The SMILES string of the molecule is COc1ccc(C(=O)NCCCOC2CCCCC2)cc1Cl. The van der Waals surface area contributed by atoms with E-state index in [0.29, 0.717) is 35.6 Å². The fourth-order valence-electron chi connectivity index (χ4n) is 2.67. The van der Waals surface area contributed by atoms with Gasteiger partial charge in [0.1, 0.15) is 5.75 Å². The van der Waals surface area contributed by atoms with E-state index in [4.69, 9.17) is 21.1 Å². The minimum absolute atomic E-state index is 0.123.